The topological polar surface area (TPSA) is 47.3 Å². The van der Waals surface area contributed by atoms with Crippen molar-refractivity contribution in [3.05, 3.63) is 29.8 Å². The molecule has 1 saturated heterocycles. The molecule has 1 fully saturated rings. The summed E-state index contributed by atoms with van der Waals surface area (Å²) >= 11 is 0. The van der Waals surface area contributed by atoms with Gasteiger partial charge in [0.1, 0.15) is 5.75 Å². The van der Waals surface area contributed by atoms with Crippen molar-refractivity contribution in [2.24, 2.45) is 5.73 Å². The second-order valence-electron chi connectivity index (χ2n) is 4.78. The Balaban J connectivity index is 2.24. The molecule has 0 bridgehead atoms. The van der Waals surface area contributed by atoms with Crippen molar-refractivity contribution in [3.8, 4) is 5.75 Å². The molecule has 1 aromatic carbocycles. The number of benzene rings is 1. The van der Waals surface area contributed by atoms with E-state index >= 15 is 0 Å². The number of rotatable bonds is 4. The fraction of sp³-hybridized carbons (Fsp3) is 0.571. The molecule has 2 rings (SSSR count). The maximum absolute atomic E-state index is 6.46. The second kappa shape index (κ2) is 5.07. The highest BCUT2D eigenvalue weighted by atomic mass is 16.5. The molecule has 0 aliphatic carbocycles. The van der Waals surface area contributed by atoms with Crippen molar-refractivity contribution in [1.82, 2.24) is 5.32 Å². The first-order valence-electron chi connectivity index (χ1n) is 6.42. The number of nitrogens with two attached hydrogens (primary N) is 1. The van der Waals surface area contributed by atoms with Gasteiger partial charge < -0.3 is 15.8 Å². The van der Waals surface area contributed by atoms with Gasteiger partial charge in [0.25, 0.3) is 0 Å². The monoisotopic (exact) mass is 234 g/mol. The van der Waals surface area contributed by atoms with Crippen molar-refractivity contribution in [3.63, 3.8) is 0 Å². The standard InChI is InChI=1S/C14H22N2O/c1-3-14(15)10-16-9-13(14)11-6-5-7-12(8-11)17-4-2/h5-8,13,16H,3-4,9-10,15H2,1-2H3. The molecule has 0 spiro atoms. The van der Waals surface area contributed by atoms with Crippen molar-refractivity contribution in [2.45, 2.75) is 31.7 Å². The number of ether oxygens (including phenoxy) is 1. The maximum Gasteiger partial charge on any atom is 0.119 e. The summed E-state index contributed by atoms with van der Waals surface area (Å²) in [6, 6.07) is 8.32. The van der Waals surface area contributed by atoms with E-state index in [0.29, 0.717) is 12.5 Å². The summed E-state index contributed by atoms with van der Waals surface area (Å²) in [5, 5.41) is 3.40. The third-order valence-corrected chi connectivity index (χ3v) is 3.73. The van der Waals surface area contributed by atoms with Crippen LogP contribution in [0.5, 0.6) is 5.75 Å². The first kappa shape index (κ1) is 12.4. The van der Waals surface area contributed by atoms with E-state index in [4.69, 9.17) is 10.5 Å². The van der Waals surface area contributed by atoms with Gasteiger partial charge >= 0.3 is 0 Å². The van der Waals surface area contributed by atoms with Gasteiger partial charge in [-0.1, -0.05) is 19.1 Å². The highest BCUT2D eigenvalue weighted by Gasteiger charge is 2.38. The lowest BCUT2D eigenvalue weighted by atomic mass is 9.81. The van der Waals surface area contributed by atoms with Crippen LogP contribution in [0.2, 0.25) is 0 Å². The summed E-state index contributed by atoms with van der Waals surface area (Å²) in [6.07, 6.45) is 0.990. The zero-order valence-corrected chi connectivity index (χ0v) is 10.7. The Morgan fingerprint density at radius 1 is 1.47 bits per heavy atom. The number of hydrogen-bond donors (Lipinski definition) is 2. The normalized spacial score (nSPS) is 28.3. The molecule has 2 atom stereocenters. The van der Waals surface area contributed by atoms with Gasteiger partial charge in [0.15, 0.2) is 0 Å². The molecule has 0 saturated carbocycles. The quantitative estimate of drug-likeness (QED) is 0.836. The minimum absolute atomic E-state index is 0.120. The lowest BCUT2D eigenvalue weighted by molar-refractivity contribution is 0.338. The molecule has 3 N–H and O–H groups in total. The molecule has 1 aliphatic rings. The van der Waals surface area contributed by atoms with Gasteiger partial charge in [0.2, 0.25) is 0 Å². The van der Waals surface area contributed by atoms with Gasteiger partial charge in [-0.25, -0.2) is 0 Å². The lowest BCUT2D eigenvalue weighted by Gasteiger charge is -2.29. The zero-order chi connectivity index (χ0) is 12.3. The molecule has 0 radical (unpaired) electrons. The van der Waals surface area contributed by atoms with Crippen LogP contribution in [0.3, 0.4) is 0 Å². The first-order valence-corrected chi connectivity index (χ1v) is 6.42. The SMILES string of the molecule is CCOc1cccc(C2CNCC2(N)CC)c1. The molecular formula is C14H22N2O. The Hall–Kier alpha value is -1.06. The summed E-state index contributed by atoms with van der Waals surface area (Å²) in [6.45, 7) is 6.72. The summed E-state index contributed by atoms with van der Waals surface area (Å²) in [5.41, 5.74) is 7.62. The summed E-state index contributed by atoms with van der Waals surface area (Å²) in [5.74, 6) is 1.32. The van der Waals surface area contributed by atoms with Crippen LogP contribution in [-0.2, 0) is 0 Å². The van der Waals surface area contributed by atoms with E-state index in [9.17, 15) is 0 Å². The van der Waals surface area contributed by atoms with Crippen molar-refractivity contribution in [2.75, 3.05) is 19.7 Å². The van der Waals surface area contributed by atoms with Gasteiger partial charge in [-0.3, -0.25) is 0 Å². The molecule has 1 aliphatic heterocycles. The van der Waals surface area contributed by atoms with Crippen molar-refractivity contribution < 1.29 is 4.74 Å². The van der Waals surface area contributed by atoms with Crippen molar-refractivity contribution in [1.29, 1.82) is 0 Å². The molecule has 94 valence electrons. The van der Waals surface area contributed by atoms with Crippen molar-refractivity contribution >= 4 is 0 Å². The Labute approximate surface area is 103 Å². The van der Waals surface area contributed by atoms with Gasteiger partial charge in [0.05, 0.1) is 6.61 Å². The Morgan fingerprint density at radius 2 is 2.29 bits per heavy atom. The van der Waals surface area contributed by atoms with Crippen LogP contribution in [0.25, 0.3) is 0 Å². The highest BCUT2D eigenvalue weighted by molar-refractivity contribution is 5.34. The van der Waals surface area contributed by atoms with E-state index in [1.54, 1.807) is 0 Å². The van der Waals surface area contributed by atoms with Gasteiger partial charge in [-0.2, -0.15) is 0 Å². The Kier molecular flexibility index (Phi) is 3.69. The highest BCUT2D eigenvalue weighted by Crippen LogP contribution is 2.33. The first-order chi connectivity index (χ1) is 8.19. The van der Waals surface area contributed by atoms with Crippen LogP contribution in [0.15, 0.2) is 24.3 Å². The molecule has 3 nitrogen and oxygen atoms in total. The number of hydrogen-bond acceptors (Lipinski definition) is 3. The van der Waals surface area contributed by atoms with E-state index in [2.05, 4.69) is 30.4 Å². The molecule has 17 heavy (non-hydrogen) atoms. The smallest absolute Gasteiger partial charge is 0.119 e. The van der Waals surface area contributed by atoms with Crippen LogP contribution in [0, 0.1) is 0 Å². The zero-order valence-electron chi connectivity index (χ0n) is 10.7. The van der Waals surface area contributed by atoms with Crippen LogP contribution >= 0.6 is 0 Å². The minimum Gasteiger partial charge on any atom is -0.494 e. The minimum atomic E-state index is -0.120. The van der Waals surface area contributed by atoms with E-state index in [1.807, 2.05) is 13.0 Å². The molecular weight excluding hydrogens is 212 g/mol. The largest absolute Gasteiger partial charge is 0.494 e. The fourth-order valence-corrected chi connectivity index (χ4v) is 2.58. The third-order valence-electron chi connectivity index (χ3n) is 3.73. The lowest BCUT2D eigenvalue weighted by Crippen LogP contribution is -2.45. The summed E-state index contributed by atoms with van der Waals surface area (Å²) < 4.78 is 5.55. The molecule has 0 amide bonds. The Bertz CT molecular complexity index is 380. The molecule has 0 aromatic heterocycles. The second-order valence-corrected chi connectivity index (χ2v) is 4.78. The predicted octanol–water partition coefficient (Wildman–Crippen LogP) is 1.88. The van der Waals surface area contributed by atoms with E-state index in [0.717, 1.165) is 25.3 Å². The average Bonchev–Trinajstić information content (AvgIpc) is 2.73. The molecule has 1 heterocycles. The Morgan fingerprint density at radius 3 is 3.00 bits per heavy atom. The summed E-state index contributed by atoms with van der Waals surface area (Å²) in [4.78, 5) is 0. The van der Waals surface area contributed by atoms with Crippen LogP contribution in [0.4, 0.5) is 0 Å². The van der Waals surface area contributed by atoms with Crippen LogP contribution in [0.1, 0.15) is 31.7 Å². The maximum atomic E-state index is 6.46. The van der Waals surface area contributed by atoms with Crippen LogP contribution in [-0.4, -0.2) is 25.2 Å². The predicted molar refractivity (Wildman–Crippen MR) is 70.4 cm³/mol. The third kappa shape index (κ3) is 2.45. The van der Waals surface area contributed by atoms with Gasteiger partial charge in [-0.15, -0.1) is 0 Å². The summed E-state index contributed by atoms with van der Waals surface area (Å²) in [7, 11) is 0. The van der Waals surface area contributed by atoms with Gasteiger partial charge in [-0.05, 0) is 31.0 Å². The van der Waals surface area contributed by atoms with Crippen LogP contribution < -0.4 is 15.8 Å². The molecule has 2 unspecified atom stereocenters. The van der Waals surface area contributed by atoms with E-state index < -0.39 is 0 Å². The average molecular weight is 234 g/mol. The number of nitrogens with one attached hydrogen (secondary N) is 1. The van der Waals surface area contributed by atoms with Gasteiger partial charge in [0, 0.05) is 24.5 Å². The molecule has 3 heteroatoms. The van der Waals surface area contributed by atoms with E-state index in [-0.39, 0.29) is 5.54 Å². The fourth-order valence-electron chi connectivity index (χ4n) is 2.58. The van der Waals surface area contributed by atoms with E-state index in [1.165, 1.54) is 5.56 Å². The molecule has 1 aromatic rings.